The zero-order valence-electron chi connectivity index (χ0n) is 11.2. The second-order valence-corrected chi connectivity index (χ2v) is 5.35. The SMILES string of the molecule is O=C(NCCN1CCCC1)NC1CCCCNC1. The number of amides is 2. The van der Waals surface area contributed by atoms with Gasteiger partial charge in [0.05, 0.1) is 0 Å². The van der Waals surface area contributed by atoms with Crippen LogP contribution in [0.15, 0.2) is 0 Å². The molecule has 0 bridgehead atoms. The summed E-state index contributed by atoms with van der Waals surface area (Å²) in [6.45, 7) is 6.10. The van der Waals surface area contributed by atoms with Crippen LogP contribution in [-0.4, -0.2) is 56.2 Å². The number of nitrogens with one attached hydrogen (secondary N) is 3. The van der Waals surface area contributed by atoms with Crippen molar-refractivity contribution in [2.24, 2.45) is 0 Å². The summed E-state index contributed by atoms with van der Waals surface area (Å²) in [5, 5.41) is 9.36. The number of carbonyl (C=O) groups is 1. The van der Waals surface area contributed by atoms with Crippen LogP contribution in [0.5, 0.6) is 0 Å². The Bertz CT molecular complexity index is 245. The molecule has 2 amide bonds. The summed E-state index contributed by atoms with van der Waals surface area (Å²) >= 11 is 0. The van der Waals surface area contributed by atoms with Crippen molar-refractivity contribution in [3.63, 3.8) is 0 Å². The Morgan fingerprint density at radius 2 is 2.06 bits per heavy atom. The average molecular weight is 254 g/mol. The smallest absolute Gasteiger partial charge is 0.315 e. The summed E-state index contributed by atoms with van der Waals surface area (Å²) in [6.07, 6.45) is 6.12. The molecule has 18 heavy (non-hydrogen) atoms. The molecule has 2 fully saturated rings. The Labute approximate surface area is 110 Å². The maximum Gasteiger partial charge on any atom is 0.315 e. The van der Waals surface area contributed by atoms with E-state index in [0.29, 0.717) is 6.04 Å². The molecule has 0 aromatic carbocycles. The predicted octanol–water partition coefficient (Wildman–Crippen LogP) is 0.524. The molecule has 5 heteroatoms. The molecular formula is C13H26N4O. The molecule has 2 saturated heterocycles. The molecule has 5 nitrogen and oxygen atoms in total. The maximum absolute atomic E-state index is 11.7. The van der Waals surface area contributed by atoms with E-state index in [1.165, 1.54) is 38.8 Å². The number of nitrogens with zero attached hydrogens (tertiary/aromatic N) is 1. The van der Waals surface area contributed by atoms with E-state index in [2.05, 4.69) is 20.9 Å². The van der Waals surface area contributed by atoms with E-state index in [4.69, 9.17) is 0 Å². The van der Waals surface area contributed by atoms with Crippen molar-refractivity contribution < 1.29 is 4.79 Å². The van der Waals surface area contributed by atoms with Crippen LogP contribution in [0.4, 0.5) is 4.79 Å². The van der Waals surface area contributed by atoms with Gasteiger partial charge in [-0.15, -0.1) is 0 Å². The Kier molecular flexibility index (Phi) is 5.74. The lowest BCUT2D eigenvalue weighted by Crippen LogP contribution is -2.47. The van der Waals surface area contributed by atoms with Gasteiger partial charge in [0.15, 0.2) is 0 Å². The largest absolute Gasteiger partial charge is 0.337 e. The normalized spacial score (nSPS) is 25.7. The molecular weight excluding hydrogens is 228 g/mol. The molecule has 104 valence electrons. The number of likely N-dealkylation sites (tertiary alicyclic amines) is 1. The summed E-state index contributed by atoms with van der Waals surface area (Å²) in [5.74, 6) is 0. The fourth-order valence-corrected chi connectivity index (χ4v) is 2.71. The van der Waals surface area contributed by atoms with E-state index < -0.39 is 0 Å². The van der Waals surface area contributed by atoms with E-state index >= 15 is 0 Å². The molecule has 0 saturated carbocycles. The quantitative estimate of drug-likeness (QED) is 0.686. The summed E-state index contributed by atoms with van der Waals surface area (Å²) in [5.41, 5.74) is 0. The third-order valence-electron chi connectivity index (χ3n) is 3.79. The highest BCUT2D eigenvalue weighted by Crippen LogP contribution is 2.05. The zero-order chi connectivity index (χ0) is 12.6. The monoisotopic (exact) mass is 254 g/mol. The van der Waals surface area contributed by atoms with Crippen molar-refractivity contribution in [2.75, 3.05) is 39.3 Å². The molecule has 0 aromatic rings. The second kappa shape index (κ2) is 7.59. The number of hydrogen-bond donors (Lipinski definition) is 3. The van der Waals surface area contributed by atoms with Gasteiger partial charge in [0.2, 0.25) is 0 Å². The molecule has 3 N–H and O–H groups in total. The molecule has 1 atom stereocenters. The van der Waals surface area contributed by atoms with Gasteiger partial charge in [-0.25, -0.2) is 4.79 Å². The number of urea groups is 1. The maximum atomic E-state index is 11.7. The van der Waals surface area contributed by atoms with Gasteiger partial charge in [-0.1, -0.05) is 6.42 Å². The van der Waals surface area contributed by atoms with Gasteiger partial charge in [-0.3, -0.25) is 0 Å². The van der Waals surface area contributed by atoms with E-state index in [9.17, 15) is 4.79 Å². The van der Waals surface area contributed by atoms with E-state index in [1.54, 1.807) is 0 Å². The fourth-order valence-electron chi connectivity index (χ4n) is 2.71. The van der Waals surface area contributed by atoms with Crippen molar-refractivity contribution in [1.29, 1.82) is 0 Å². The summed E-state index contributed by atoms with van der Waals surface area (Å²) < 4.78 is 0. The first kappa shape index (κ1) is 13.6. The van der Waals surface area contributed by atoms with Crippen LogP contribution in [0.1, 0.15) is 32.1 Å². The highest BCUT2D eigenvalue weighted by Gasteiger charge is 2.14. The van der Waals surface area contributed by atoms with Crippen molar-refractivity contribution in [2.45, 2.75) is 38.1 Å². The number of rotatable bonds is 4. The molecule has 0 aliphatic carbocycles. The molecule has 2 aliphatic rings. The third-order valence-corrected chi connectivity index (χ3v) is 3.79. The lowest BCUT2D eigenvalue weighted by molar-refractivity contribution is 0.233. The van der Waals surface area contributed by atoms with Crippen LogP contribution in [0.3, 0.4) is 0 Å². The predicted molar refractivity (Wildman–Crippen MR) is 72.7 cm³/mol. The molecule has 0 radical (unpaired) electrons. The zero-order valence-corrected chi connectivity index (χ0v) is 11.2. The standard InChI is InChI=1S/C13H26N4O/c18-13(15-7-10-17-8-3-4-9-17)16-12-5-1-2-6-14-11-12/h12,14H,1-11H2,(H2,15,16,18). The van der Waals surface area contributed by atoms with Gasteiger partial charge >= 0.3 is 6.03 Å². The Morgan fingerprint density at radius 3 is 2.89 bits per heavy atom. The minimum Gasteiger partial charge on any atom is -0.337 e. The minimum absolute atomic E-state index is 0.0112. The van der Waals surface area contributed by atoms with Gasteiger partial charge in [0.25, 0.3) is 0 Å². The second-order valence-electron chi connectivity index (χ2n) is 5.35. The van der Waals surface area contributed by atoms with Crippen molar-refractivity contribution in [3.05, 3.63) is 0 Å². The average Bonchev–Trinajstić information content (AvgIpc) is 2.74. The lowest BCUT2D eigenvalue weighted by Gasteiger charge is -2.18. The first-order valence-corrected chi connectivity index (χ1v) is 7.32. The fraction of sp³-hybridized carbons (Fsp3) is 0.923. The van der Waals surface area contributed by atoms with E-state index in [-0.39, 0.29) is 6.03 Å². The molecule has 1 unspecified atom stereocenters. The minimum atomic E-state index is -0.0112. The molecule has 2 heterocycles. The van der Waals surface area contributed by atoms with Crippen LogP contribution in [0.2, 0.25) is 0 Å². The summed E-state index contributed by atoms with van der Waals surface area (Å²) in [4.78, 5) is 14.1. The van der Waals surface area contributed by atoms with Crippen LogP contribution in [-0.2, 0) is 0 Å². The van der Waals surface area contributed by atoms with Crippen LogP contribution in [0.25, 0.3) is 0 Å². The van der Waals surface area contributed by atoms with Gasteiger partial charge < -0.3 is 20.9 Å². The van der Waals surface area contributed by atoms with Gasteiger partial charge in [-0.05, 0) is 45.3 Å². The van der Waals surface area contributed by atoms with Crippen LogP contribution < -0.4 is 16.0 Å². The molecule has 0 spiro atoms. The lowest BCUT2D eigenvalue weighted by atomic mass is 10.1. The summed E-state index contributed by atoms with van der Waals surface area (Å²) in [7, 11) is 0. The summed E-state index contributed by atoms with van der Waals surface area (Å²) in [6, 6.07) is 0.280. The number of carbonyl (C=O) groups excluding carboxylic acids is 1. The Balaban J connectivity index is 1.56. The molecule has 2 rings (SSSR count). The Hall–Kier alpha value is -0.810. The van der Waals surface area contributed by atoms with Gasteiger partial charge in [-0.2, -0.15) is 0 Å². The van der Waals surface area contributed by atoms with Gasteiger partial charge in [0, 0.05) is 25.7 Å². The molecule has 2 aliphatic heterocycles. The van der Waals surface area contributed by atoms with Crippen molar-refractivity contribution in [3.8, 4) is 0 Å². The van der Waals surface area contributed by atoms with Gasteiger partial charge in [0.1, 0.15) is 0 Å². The Morgan fingerprint density at radius 1 is 1.22 bits per heavy atom. The molecule has 0 aromatic heterocycles. The first-order chi connectivity index (χ1) is 8.84. The topological polar surface area (TPSA) is 56.4 Å². The highest BCUT2D eigenvalue weighted by atomic mass is 16.2. The van der Waals surface area contributed by atoms with Crippen molar-refractivity contribution >= 4 is 6.03 Å². The van der Waals surface area contributed by atoms with E-state index in [1.807, 2.05) is 0 Å². The van der Waals surface area contributed by atoms with Crippen LogP contribution >= 0.6 is 0 Å². The van der Waals surface area contributed by atoms with Crippen LogP contribution in [0, 0.1) is 0 Å². The first-order valence-electron chi connectivity index (χ1n) is 7.32. The highest BCUT2D eigenvalue weighted by molar-refractivity contribution is 5.74. The van der Waals surface area contributed by atoms with Crippen molar-refractivity contribution in [1.82, 2.24) is 20.9 Å². The third kappa shape index (κ3) is 4.82. The number of hydrogen-bond acceptors (Lipinski definition) is 3. The van der Waals surface area contributed by atoms with E-state index in [0.717, 1.165) is 32.6 Å².